The summed E-state index contributed by atoms with van der Waals surface area (Å²) in [5, 5.41) is 0. The fourth-order valence-corrected chi connectivity index (χ4v) is 5.46. The van der Waals surface area contributed by atoms with Crippen molar-refractivity contribution in [2.75, 3.05) is 7.11 Å². The number of methoxy groups -OCH3 is 1. The van der Waals surface area contributed by atoms with Crippen LogP contribution in [0.4, 0.5) is 0 Å². The van der Waals surface area contributed by atoms with E-state index in [9.17, 15) is 9.59 Å². The summed E-state index contributed by atoms with van der Waals surface area (Å²) in [7, 11) is 1.46. The third kappa shape index (κ3) is 31.4. The molecule has 0 unspecified atom stereocenters. The molecule has 0 atom stereocenters. The number of Topliss-reactive ketones (excluding diaryl/α,β-unsaturated/α-hetero) is 1. The van der Waals surface area contributed by atoms with Crippen molar-refractivity contribution in [3.05, 3.63) is 0 Å². The topological polar surface area (TPSA) is 43.4 Å². The number of hydrogen-bond donors (Lipinski definition) is 0. The third-order valence-corrected chi connectivity index (χ3v) is 8.12. The molecule has 0 rings (SSSR count). The van der Waals surface area contributed by atoms with E-state index in [1.807, 2.05) is 0 Å². The molecular formula is C35H68O3. The van der Waals surface area contributed by atoms with Crippen LogP contribution in [0.25, 0.3) is 0 Å². The molecule has 0 aromatic heterocycles. The van der Waals surface area contributed by atoms with Crippen LogP contribution in [0.1, 0.15) is 206 Å². The molecule has 0 aliphatic carbocycles. The second kappa shape index (κ2) is 32.4. The zero-order valence-electron chi connectivity index (χ0n) is 26.1. The molecule has 0 spiro atoms. The maximum atomic E-state index is 12.1. The van der Waals surface area contributed by atoms with Crippen LogP contribution in [0, 0.1) is 0 Å². The third-order valence-electron chi connectivity index (χ3n) is 8.12. The van der Waals surface area contributed by atoms with Gasteiger partial charge >= 0.3 is 5.97 Å². The minimum Gasteiger partial charge on any atom is -0.469 e. The van der Waals surface area contributed by atoms with Gasteiger partial charge in [-0.3, -0.25) is 9.59 Å². The van der Waals surface area contributed by atoms with Crippen LogP contribution < -0.4 is 0 Å². The van der Waals surface area contributed by atoms with Crippen molar-refractivity contribution in [3.8, 4) is 0 Å². The van der Waals surface area contributed by atoms with Crippen molar-refractivity contribution < 1.29 is 14.3 Å². The van der Waals surface area contributed by atoms with Crippen molar-refractivity contribution in [1.29, 1.82) is 0 Å². The fourth-order valence-electron chi connectivity index (χ4n) is 5.46. The average Bonchev–Trinajstić information content (AvgIpc) is 2.92. The summed E-state index contributed by atoms with van der Waals surface area (Å²) in [5.41, 5.74) is 0. The van der Waals surface area contributed by atoms with Crippen LogP contribution in [0.2, 0.25) is 0 Å². The molecule has 226 valence electrons. The first-order chi connectivity index (χ1) is 18.7. The van der Waals surface area contributed by atoms with Gasteiger partial charge in [-0.2, -0.15) is 0 Å². The Morgan fingerprint density at radius 2 is 0.605 bits per heavy atom. The predicted octanol–water partition coefficient (Wildman–Crippen LogP) is 11.8. The van der Waals surface area contributed by atoms with Gasteiger partial charge in [0.1, 0.15) is 5.78 Å². The van der Waals surface area contributed by atoms with E-state index in [-0.39, 0.29) is 5.97 Å². The standard InChI is InChI=1S/C35H68O3/c1-3-4-5-6-7-8-9-10-11-12-13-14-16-19-22-25-28-31-34(36)32-29-26-23-20-17-15-18-21-24-27-30-33-35(37)38-2/h3-33H2,1-2H3. The molecule has 0 aliphatic heterocycles. The van der Waals surface area contributed by atoms with Crippen molar-refractivity contribution >= 4 is 11.8 Å². The Morgan fingerprint density at radius 1 is 0.368 bits per heavy atom. The molecule has 38 heavy (non-hydrogen) atoms. The second-order valence-electron chi connectivity index (χ2n) is 11.9. The highest BCUT2D eigenvalue weighted by Gasteiger charge is 2.03. The number of rotatable bonds is 32. The zero-order chi connectivity index (χ0) is 27.8. The number of unbranched alkanes of at least 4 members (excludes halogenated alkanes) is 26. The zero-order valence-corrected chi connectivity index (χ0v) is 26.1. The minimum absolute atomic E-state index is 0.0814. The Kier molecular flexibility index (Phi) is 31.6. The highest BCUT2D eigenvalue weighted by atomic mass is 16.5. The fraction of sp³-hybridized carbons (Fsp3) is 0.943. The van der Waals surface area contributed by atoms with E-state index in [1.165, 1.54) is 161 Å². The Hall–Kier alpha value is -0.860. The lowest BCUT2D eigenvalue weighted by Crippen LogP contribution is -1.99. The van der Waals surface area contributed by atoms with Crippen molar-refractivity contribution in [1.82, 2.24) is 0 Å². The van der Waals surface area contributed by atoms with Crippen LogP contribution >= 0.6 is 0 Å². The smallest absolute Gasteiger partial charge is 0.305 e. The highest BCUT2D eigenvalue weighted by molar-refractivity contribution is 5.78. The molecule has 0 fully saturated rings. The number of carbonyl (C=O) groups excluding carboxylic acids is 2. The first-order valence-corrected chi connectivity index (χ1v) is 17.3. The molecule has 0 saturated carbocycles. The predicted molar refractivity (Wildman–Crippen MR) is 166 cm³/mol. The largest absolute Gasteiger partial charge is 0.469 e. The van der Waals surface area contributed by atoms with E-state index in [0.717, 1.165) is 38.5 Å². The van der Waals surface area contributed by atoms with Crippen molar-refractivity contribution in [3.63, 3.8) is 0 Å². The van der Waals surface area contributed by atoms with Crippen LogP contribution in [-0.2, 0) is 14.3 Å². The van der Waals surface area contributed by atoms with E-state index < -0.39 is 0 Å². The van der Waals surface area contributed by atoms with Gasteiger partial charge in [-0.15, -0.1) is 0 Å². The summed E-state index contributed by atoms with van der Waals surface area (Å²) in [5.74, 6) is 0.417. The minimum atomic E-state index is -0.0814. The van der Waals surface area contributed by atoms with Gasteiger partial charge in [0.15, 0.2) is 0 Å². The van der Waals surface area contributed by atoms with Crippen LogP contribution in [0.15, 0.2) is 0 Å². The van der Waals surface area contributed by atoms with Gasteiger partial charge in [-0.05, 0) is 19.3 Å². The molecule has 3 nitrogen and oxygen atoms in total. The Bertz CT molecular complexity index is 488. The second-order valence-corrected chi connectivity index (χ2v) is 11.9. The summed E-state index contributed by atoms with van der Waals surface area (Å²) in [6, 6.07) is 0. The SMILES string of the molecule is CCCCCCCCCCCCCCCCCCCC(=O)CCCCCCCCCCCCCC(=O)OC. The lowest BCUT2D eigenvalue weighted by molar-refractivity contribution is -0.140. The molecule has 0 aromatic carbocycles. The summed E-state index contributed by atoms with van der Waals surface area (Å²) in [4.78, 5) is 23.2. The van der Waals surface area contributed by atoms with Gasteiger partial charge in [0.05, 0.1) is 7.11 Å². The first-order valence-electron chi connectivity index (χ1n) is 17.3. The number of esters is 1. The molecule has 0 saturated heterocycles. The van der Waals surface area contributed by atoms with E-state index in [0.29, 0.717) is 12.2 Å². The summed E-state index contributed by atoms with van der Waals surface area (Å²) in [6.07, 6.45) is 39.3. The number of hydrogen-bond acceptors (Lipinski definition) is 3. The molecule has 0 aromatic rings. The van der Waals surface area contributed by atoms with Crippen molar-refractivity contribution in [2.24, 2.45) is 0 Å². The summed E-state index contributed by atoms with van der Waals surface area (Å²) in [6.45, 7) is 2.29. The molecule has 0 bridgehead atoms. The molecule has 0 heterocycles. The highest BCUT2D eigenvalue weighted by Crippen LogP contribution is 2.16. The van der Waals surface area contributed by atoms with Gasteiger partial charge in [0, 0.05) is 19.3 Å². The van der Waals surface area contributed by atoms with Gasteiger partial charge in [-0.1, -0.05) is 167 Å². The number of ketones is 1. The van der Waals surface area contributed by atoms with E-state index in [2.05, 4.69) is 11.7 Å². The summed E-state index contributed by atoms with van der Waals surface area (Å²) < 4.78 is 4.66. The number of carbonyl (C=O) groups is 2. The Balaban J connectivity index is 3.16. The van der Waals surface area contributed by atoms with Crippen LogP contribution in [-0.4, -0.2) is 18.9 Å². The van der Waals surface area contributed by atoms with E-state index in [4.69, 9.17) is 0 Å². The number of ether oxygens (including phenoxy) is 1. The van der Waals surface area contributed by atoms with Gasteiger partial charge in [0.25, 0.3) is 0 Å². The van der Waals surface area contributed by atoms with Crippen LogP contribution in [0.5, 0.6) is 0 Å². The lowest BCUT2D eigenvalue weighted by atomic mass is 10.0. The molecule has 0 radical (unpaired) electrons. The molecule has 0 N–H and O–H groups in total. The molecule has 3 heteroatoms. The van der Waals surface area contributed by atoms with Crippen molar-refractivity contribution in [2.45, 2.75) is 206 Å². The average molecular weight is 537 g/mol. The van der Waals surface area contributed by atoms with Gasteiger partial charge in [0.2, 0.25) is 0 Å². The molecule has 0 amide bonds. The van der Waals surface area contributed by atoms with Gasteiger partial charge in [-0.25, -0.2) is 0 Å². The quantitative estimate of drug-likeness (QED) is 0.0634. The lowest BCUT2D eigenvalue weighted by Gasteiger charge is -2.04. The Morgan fingerprint density at radius 3 is 0.868 bits per heavy atom. The maximum Gasteiger partial charge on any atom is 0.305 e. The van der Waals surface area contributed by atoms with E-state index >= 15 is 0 Å². The van der Waals surface area contributed by atoms with Crippen LogP contribution in [0.3, 0.4) is 0 Å². The maximum absolute atomic E-state index is 12.1. The summed E-state index contributed by atoms with van der Waals surface area (Å²) >= 11 is 0. The molecule has 0 aliphatic rings. The van der Waals surface area contributed by atoms with E-state index in [1.54, 1.807) is 0 Å². The first kappa shape index (κ1) is 37.1. The molecular weight excluding hydrogens is 468 g/mol. The normalized spacial score (nSPS) is 11.2. The monoisotopic (exact) mass is 537 g/mol. The van der Waals surface area contributed by atoms with Gasteiger partial charge < -0.3 is 4.74 Å². The Labute approximate surface area is 239 Å².